The molecule has 148 valence electrons. The Bertz CT molecular complexity index is 643. The van der Waals surface area contributed by atoms with Crippen molar-refractivity contribution in [2.45, 2.75) is 45.1 Å². The molecule has 0 unspecified atom stereocenters. The van der Waals surface area contributed by atoms with Gasteiger partial charge in [0.15, 0.2) is 0 Å². The first-order chi connectivity index (χ1) is 13.1. The van der Waals surface area contributed by atoms with Crippen LogP contribution in [0.2, 0.25) is 0 Å². The fraction of sp³-hybridized carbons (Fsp3) is 0.619. The molecule has 1 aromatic rings. The Morgan fingerprint density at radius 1 is 1.15 bits per heavy atom. The van der Waals surface area contributed by atoms with Crippen molar-refractivity contribution >= 4 is 27.7 Å². The number of nitrogens with zero attached hydrogens (tertiary/aromatic N) is 2. The van der Waals surface area contributed by atoms with E-state index in [2.05, 4.69) is 33.1 Å². The van der Waals surface area contributed by atoms with Crippen LogP contribution >= 0.6 is 15.9 Å². The number of carbonyl (C=O) groups is 2. The van der Waals surface area contributed by atoms with Crippen LogP contribution < -0.4 is 5.32 Å². The van der Waals surface area contributed by atoms with E-state index in [1.54, 1.807) is 0 Å². The molecule has 0 saturated carbocycles. The smallest absolute Gasteiger partial charge is 0.244 e. The van der Waals surface area contributed by atoms with Crippen molar-refractivity contribution in [1.29, 1.82) is 0 Å². The summed E-state index contributed by atoms with van der Waals surface area (Å²) in [5, 5.41) is 2.99. The molecule has 2 amide bonds. The minimum Gasteiger partial charge on any atom is -0.356 e. The molecule has 0 bridgehead atoms. The van der Waals surface area contributed by atoms with Crippen LogP contribution in [0.1, 0.15) is 50.6 Å². The molecule has 5 nitrogen and oxygen atoms in total. The zero-order chi connectivity index (χ0) is 19.2. The summed E-state index contributed by atoms with van der Waals surface area (Å²) in [6.07, 6.45) is 4.97. The number of rotatable bonds is 6. The predicted molar refractivity (Wildman–Crippen MR) is 110 cm³/mol. The van der Waals surface area contributed by atoms with Crippen molar-refractivity contribution in [3.8, 4) is 0 Å². The van der Waals surface area contributed by atoms with E-state index in [-0.39, 0.29) is 23.8 Å². The lowest BCUT2D eigenvalue weighted by Gasteiger charge is -2.37. The number of hydrogen-bond donors (Lipinski definition) is 1. The highest BCUT2D eigenvalue weighted by molar-refractivity contribution is 9.10. The Balaban J connectivity index is 1.74. The normalized spacial score (nSPS) is 21.9. The lowest BCUT2D eigenvalue weighted by molar-refractivity contribution is -0.140. The zero-order valence-corrected chi connectivity index (χ0v) is 17.7. The van der Waals surface area contributed by atoms with E-state index in [0.717, 1.165) is 61.8 Å². The number of benzene rings is 1. The number of amides is 2. The Morgan fingerprint density at radius 3 is 2.52 bits per heavy atom. The molecule has 0 spiro atoms. The number of nitrogens with one attached hydrogen (secondary N) is 1. The number of piperidine rings is 1. The van der Waals surface area contributed by atoms with Gasteiger partial charge in [-0.15, -0.1) is 0 Å². The molecule has 6 heteroatoms. The zero-order valence-electron chi connectivity index (χ0n) is 16.1. The second-order valence-corrected chi connectivity index (χ2v) is 8.53. The van der Waals surface area contributed by atoms with E-state index in [1.807, 2.05) is 29.2 Å². The number of likely N-dealkylation sites (tertiary alicyclic amines) is 2. The Labute approximate surface area is 170 Å². The van der Waals surface area contributed by atoms with E-state index in [9.17, 15) is 9.59 Å². The minimum absolute atomic E-state index is 0.0848. The predicted octanol–water partition coefficient (Wildman–Crippen LogP) is 3.35. The third kappa shape index (κ3) is 5.11. The van der Waals surface area contributed by atoms with Gasteiger partial charge in [-0.1, -0.05) is 35.0 Å². The van der Waals surface area contributed by atoms with Gasteiger partial charge in [0.05, 0.1) is 5.92 Å². The van der Waals surface area contributed by atoms with Gasteiger partial charge in [0.25, 0.3) is 0 Å². The molecule has 2 aliphatic heterocycles. The average molecular weight is 436 g/mol. The average Bonchev–Trinajstić information content (AvgIpc) is 3.22. The van der Waals surface area contributed by atoms with Crippen molar-refractivity contribution in [3.05, 3.63) is 34.3 Å². The summed E-state index contributed by atoms with van der Waals surface area (Å²) in [5.74, 6) is 0.154. The van der Waals surface area contributed by atoms with Crippen molar-refractivity contribution in [3.63, 3.8) is 0 Å². The SMILES string of the molecule is CCCNC(=O)[C@H]1CCCN(C(=O)[C@H](c2ccc(Br)cc2)N2CCCC2)C1. The molecular formula is C21H30BrN3O2. The van der Waals surface area contributed by atoms with E-state index in [1.165, 1.54) is 0 Å². The van der Waals surface area contributed by atoms with Crippen LogP contribution in [-0.4, -0.2) is 54.3 Å². The standard InChI is InChI=1S/C21H30BrN3O2/c1-2-11-23-20(26)17-6-5-14-25(15-17)21(27)19(24-12-3-4-13-24)16-7-9-18(22)10-8-16/h7-10,17,19H,2-6,11-15H2,1H3,(H,23,26)/t17-,19-/m0/s1. The van der Waals surface area contributed by atoms with Gasteiger partial charge < -0.3 is 10.2 Å². The monoisotopic (exact) mass is 435 g/mol. The fourth-order valence-electron chi connectivity index (χ4n) is 4.11. The third-order valence-corrected chi connectivity index (χ3v) is 6.11. The van der Waals surface area contributed by atoms with Gasteiger partial charge in [0.2, 0.25) is 11.8 Å². The molecule has 0 aromatic heterocycles. The number of halogens is 1. The second kappa shape index (κ2) is 9.69. The summed E-state index contributed by atoms with van der Waals surface area (Å²) in [6.45, 7) is 5.96. The van der Waals surface area contributed by atoms with E-state index in [4.69, 9.17) is 0 Å². The van der Waals surface area contributed by atoms with Gasteiger partial charge in [0.1, 0.15) is 6.04 Å². The highest BCUT2D eigenvalue weighted by atomic mass is 79.9. The van der Waals surface area contributed by atoms with Gasteiger partial charge in [-0.2, -0.15) is 0 Å². The number of carbonyl (C=O) groups excluding carboxylic acids is 2. The number of hydrogen-bond acceptors (Lipinski definition) is 3. The Morgan fingerprint density at radius 2 is 1.85 bits per heavy atom. The summed E-state index contributed by atoms with van der Waals surface area (Å²) in [5.41, 5.74) is 1.04. The molecule has 1 aromatic carbocycles. The maximum absolute atomic E-state index is 13.5. The van der Waals surface area contributed by atoms with Gasteiger partial charge in [-0.05, 0) is 62.9 Å². The molecular weight excluding hydrogens is 406 g/mol. The van der Waals surface area contributed by atoms with Crippen molar-refractivity contribution in [2.75, 3.05) is 32.7 Å². The lowest BCUT2D eigenvalue weighted by atomic mass is 9.95. The molecule has 1 N–H and O–H groups in total. The minimum atomic E-state index is -0.238. The molecule has 2 aliphatic rings. The second-order valence-electron chi connectivity index (χ2n) is 7.61. The van der Waals surface area contributed by atoms with Gasteiger partial charge >= 0.3 is 0 Å². The topological polar surface area (TPSA) is 52.7 Å². The van der Waals surface area contributed by atoms with Crippen LogP contribution in [0.25, 0.3) is 0 Å². The maximum atomic E-state index is 13.5. The first-order valence-corrected chi connectivity index (χ1v) is 11.0. The molecule has 2 fully saturated rings. The molecule has 0 aliphatic carbocycles. The van der Waals surface area contributed by atoms with Crippen molar-refractivity contribution < 1.29 is 9.59 Å². The van der Waals surface area contributed by atoms with Crippen LogP contribution in [0.4, 0.5) is 0 Å². The van der Waals surface area contributed by atoms with Crippen molar-refractivity contribution in [2.24, 2.45) is 5.92 Å². The highest BCUT2D eigenvalue weighted by Gasteiger charge is 2.36. The van der Waals surface area contributed by atoms with E-state index < -0.39 is 0 Å². The largest absolute Gasteiger partial charge is 0.356 e. The molecule has 27 heavy (non-hydrogen) atoms. The summed E-state index contributed by atoms with van der Waals surface area (Å²) < 4.78 is 1.02. The Hall–Kier alpha value is -1.40. The van der Waals surface area contributed by atoms with Crippen LogP contribution in [0.5, 0.6) is 0 Å². The van der Waals surface area contributed by atoms with E-state index in [0.29, 0.717) is 13.1 Å². The summed E-state index contributed by atoms with van der Waals surface area (Å²) >= 11 is 3.48. The first-order valence-electron chi connectivity index (χ1n) is 10.2. The first kappa shape index (κ1) is 20.3. The molecule has 2 atom stereocenters. The lowest BCUT2D eigenvalue weighted by Crippen LogP contribution is -2.49. The Kier molecular flexibility index (Phi) is 7.30. The highest BCUT2D eigenvalue weighted by Crippen LogP contribution is 2.30. The third-order valence-electron chi connectivity index (χ3n) is 5.58. The van der Waals surface area contributed by atoms with Crippen LogP contribution in [0, 0.1) is 5.92 Å². The molecule has 0 radical (unpaired) electrons. The van der Waals surface area contributed by atoms with Crippen molar-refractivity contribution in [1.82, 2.24) is 15.1 Å². The molecule has 3 rings (SSSR count). The molecule has 2 saturated heterocycles. The fourth-order valence-corrected chi connectivity index (χ4v) is 4.38. The van der Waals surface area contributed by atoms with Crippen LogP contribution in [0.3, 0.4) is 0 Å². The summed E-state index contributed by atoms with van der Waals surface area (Å²) in [6, 6.07) is 7.85. The van der Waals surface area contributed by atoms with Gasteiger partial charge in [-0.25, -0.2) is 0 Å². The van der Waals surface area contributed by atoms with Gasteiger partial charge in [0, 0.05) is 24.1 Å². The molecule has 2 heterocycles. The van der Waals surface area contributed by atoms with Crippen LogP contribution in [-0.2, 0) is 9.59 Å². The maximum Gasteiger partial charge on any atom is 0.244 e. The van der Waals surface area contributed by atoms with Gasteiger partial charge in [-0.3, -0.25) is 14.5 Å². The summed E-state index contributed by atoms with van der Waals surface area (Å²) in [7, 11) is 0. The van der Waals surface area contributed by atoms with Crippen LogP contribution in [0.15, 0.2) is 28.7 Å². The van der Waals surface area contributed by atoms with E-state index >= 15 is 0 Å². The quantitative estimate of drug-likeness (QED) is 0.744. The summed E-state index contributed by atoms with van der Waals surface area (Å²) in [4.78, 5) is 30.1.